The molecule has 0 heterocycles. The lowest BCUT2D eigenvalue weighted by atomic mass is 10.1. The number of anilines is 2. The molecule has 0 saturated carbocycles. The molecule has 2 nitrogen and oxygen atoms in total. The van der Waals surface area contributed by atoms with Crippen molar-refractivity contribution < 1.29 is 0 Å². The van der Waals surface area contributed by atoms with Gasteiger partial charge in [0.15, 0.2) is 0 Å². The minimum atomic E-state index is 1.04. The van der Waals surface area contributed by atoms with Crippen LogP contribution in [0.5, 0.6) is 0 Å². The van der Waals surface area contributed by atoms with E-state index < -0.39 is 0 Å². The Bertz CT molecular complexity index is 494. The van der Waals surface area contributed by atoms with E-state index in [1.54, 1.807) is 0 Å². The highest BCUT2D eigenvalue weighted by atomic mass is 32.1. The van der Waals surface area contributed by atoms with E-state index in [0.717, 1.165) is 11.4 Å². The molecule has 2 N–H and O–H groups in total. The van der Waals surface area contributed by atoms with Gasteiger partial charge in [-0.05, 0) is 12.1 Å². The first-order valence-electron chi connectivity index (χ1n) is 4.76. The van der Waals surface area contributed by atoms with Crippen molar-refractivity contribution in [3.63, 3.8) is 0 Å². The van der Waals surface area contributed by atoms with Gasteiger partial charge in [-0.15, -0.1) is 0 Å². The third-order valence-electron chi connectivity index (χ3n) is 2.41. The fourth-order valence-electron chi connectivity index (χ4n) is 1.71. The van der Waals surface area contributed by atoms with E-state index in [9.17, 15) is 0 Å². The summed E-state index contributed by atoms with van der Waals surface area (Å²) in [5.74, 6) is 0. The molecular formula is C12H12N2S. The van der Waals surface area contributed by atoms with Crippen LogP contribution in [0.2, 0.25) is 0 Å². The van der Waals surface area contributed by atoms with Crippen molar-refractivity contribution in [1.82, 2.24) is 0 Å². The zero-order chi connectivity index (χ0) is 10.7. The molecule has 76 valence electrons. The van der Waals surface area contributed by atoms with Gasteiger partial charge < -0.3 is 10.6 Å². The topological polar surface area (TPSA) is 24.1 Å². The van der Waals surface area contributed by atoms with Gasteiger partial charge in [0, 0.05) is 29.2 Å². The van der Waals surface area contributed by atoms with E-state index in [4.69, 9.17) is 12.2 Å². The van der Waals surface area contributed by atoms with Gasteiger partial charge >= 0.3 is 0 Å². The molecule has 0 fully saturated rings. The van der Waals surface area contributed by atoms with Crippen LogP contribution >= 0.6 is 12.2 Å². The molecule has 2 rings (SSSR count). The summed E-state index contributed by atoms with van der Waals surface area (Å²) in [6.07, 6.45) is 0. The second-order valence-corrected chi connectivity index (χ2v) is 3.45. The molecule has 2 aromatic rings. The summed E-state index contributed by atoms with van der Waals surface area (Å²) < 4.78 is 0. The van der Waals surface area contributed by atoms with Crippen LogP contribution in [0.3, 0.4) is 0 Å². The Hall–Kier alpha value is -1.61. The molecule has 0 saturated heterocycles. The first-order chi connectivity index (χ1) is 7.36. The van der Waals surface area contributed by atoms with Crippen LogP contribution in [-0.4, -0.2) is 12.5 Å². The fraction of sp³-hybridized carbons (Fsp3) is 0.0833. The highest BCUT2D eigenvalue weighted by Gasteiger charge is 2.02. The smallest absolute Gasteiger partial charge is 0.0659 e. The molecule has 15 heavy (non-hydrogen) atoms. The molecule has 0 aliphatic carbocycles. The Morgan fingerprint density at radius 2 is 1.60 bits per heavy atom. The minimum absolute atomic E-state index is 1.04. The second kappa shape index (κ2) is 4.28. The summed E-state index contributed by atoms with van der Waals surface area (Å²) in [5.41, 5.74) is 3.70. The Labute approximate surface area is 94.3 Å². The van der Waals surface area contributed by atoms with E-state index in [-0.39, 0.29) is 0 Å². The third kappa shape index (κ3) is 1.78. The number of fused-ring (bicyclic) bond motifs is 1. The molecule has 0 unspecified atom stereocenters. The molecule has 0 radical (unpaired) electrons. The van der Waals surface area contributed by atoms with Crippen molar-refractivity contribution in [2.24, 2.45) is 0 Å². The zero-order valence-electron chi connectivity index (χ0n) is 8.45. The largest absolute Gasteiger partial charge is 0.388 e. The standard InChI is InChI=1S/C12H12N2S/c1-13-11-6-7-12(14-8-15)10-5-3-2-4-9(10)11/h2-8,13H,1H3,(H,14,15). The number of nitrogens with one attached hydrogen (secondary N) is 2. The average Bonchev–Trinajstić information content (AvgIpc) is 2.30. The Morgan fingerprint density at radius 3 is 2.20 bits per heavy atom. The molecule has 3 heteroatoms. The number of thiocarbonyl (C=S) groups is 1. The molecular weight excluding hydrogens is 204 g/mol. The molecule has 0 atom stereocenters. The summed E-state index contributed by atoms with van der Waals surface area (Å²) in [6.45, 7) is 0. The zero-order valence-corrected chi connectivity index (χ0v) is 9.27. The first-order valence-corrected chi connectivity index (χ1v) is 5.23. The lowest BCUT2D eigenvalue weighted by molar-refractivity contribution is 1.54. The molecule has 0 amide bonds. The minimum Gasteiger partial charge on any atom is -0.388 e. The molecule has 0 spiro atoms. The Kier molecular flexibility index (Phi) is 2.83. The normalized spacial score (nSPS) is 9.93. The van der Waals surface area contributed by atoms with E-state index in [1.165, 1.54) is 16.3 Å². The fourth-order valence-corrected chi connectivity index (χ4v) is 1.83. The van der Waals surface area contributed by atoms with Crippen LogP contribution in [-0.2, 0) is 0 Å². The van der Waals surface area contributed by atoms with Gasteiger partial charge in [0.05, 0.1) is 5.49 Å². The van der Waals surface area contributed by atoms with Gasteiger partial charge in [-0.2, -0.15) is 0 Å². The maximum absolute atomic E-state index is 4.81. The molecule has 0 aromatic heterocycles. The second-order valence-electron chi connectivity index (χ2n) is 3.22. The molecule has 0 aliphatic heterocycles. The van der Waals surface area contributed by atoms with Crippen molar-refractivity contribution in [3.05, 3.63) is 36.4 Å². The summed E-state index contributed by atoms with van der Waals surface area (Å²) in [6, 6.07) is 12.3. The number of hydrogen-bond acceptors (Lipinski definition) is 2. The number of hydrogen-bond donors (Lipinski definition) is 2. The van der Waals surface area contributed by atoms with Gasteiger partial charge in [0.25, 0.3) is 0 Å². The van der Waals surface area contributed by atoms with Crippen LogP contribution in [0.1, 0.15) is 0 Å². The Morgan fingerprint density at radius 1 is 1.00 bits per heavy atom. The van der Waals surface area contributed by atoms with E-state index in [2.05, 4.69) is 22.8 Å². The molecule has 2 aromatic carbocycles. The third-order valence-corrected chi connectivity index (χ3v) is 2.53. The summed E-state index contributed by atoms with van der Waals surface area (Å²) in [5, 5.41) is 8.61. The van der Waals surface area contributed by atoms with Crippen molar-refractivity contribution >= 4 is 39.9 Å². The first kappa shape index (κ1) is 9.93. The van der Waals surface area contributed by atoms with Crippen LogP contribution in [0, 0.1) is 0 Å². The average molecular weight is 216 g/mol. The summed E-state index contributed by atoms with van der Waals surface area (Å²) in [4.78, 5) is 0. The van der Waals surface area contributed by atoms with E-state index >= 15 is 0 Å². The van der Waals surface area contributed by atoms with Crippen molar-refractivity contribution in [2.45, 2.75) is 0 Å². The Balaban J connectivity index is 2.71. The highest BCUT2D eigenvalue weighted by molar-refractivity contribution is 7.79. The number of rotatable bonds is 3. The van der Waals surface area contributed by atoms with Crippen molar-refractivity contribution in [1.29, 1.82) is 0 Å². The monoisotopic (exact) mass is 216 g/mol. The maximum atomic E-state index is 4.81. The predicted molar refractivity (Wildman–Crippen MR) is 70.8 cm³/mol. The SMILES string of the molecule is CNc1ccc(NC=S)c2ccccc12. The van der Waals surface area contributed by atoms with Crippen molar-refractivity contribution in [3.8, 4) is 0 Å². The van der Waals surface area contributed by atoms with Crippen LogP contribution in [0.4, 0.5) is 11.4 Å². The van der Waals surface area contributed by atoms with Gasteiger partial charge in [-0.25, -0.2) is 0 Å². The quantitative estimate of drug-likeness (QED) is 0.770. The summed E-state index contributed by atoms with van der Waals surface area (Å²) >= 11 is 4.81. The molecule has 0 aliphatic rings. The van der Waals surface area contributed by atoms with Crippen LogP contribution < -0.4 is 10.6 Å². The van der Waals surface area contributed by atoms with Gasteiger partial charge in [-0.3, -0.25) is 0 Å². The van der Waals surface area contributed by atoms with Gasteiger partial charge in [0.1, 0.15) is 0 Å². The van der Waals surface area contributed by atoms with Gasteiger partial charge in [0.2, 0.25) is 0 Å². The van der Waals surface area contributed by atoms with Crippen LogP contribution in [0.25, 0.3) is 10.8 Å². The molecule has 0 bridgehead atoms. The lowest BCUT2D eigenvalue weighted by Crippen LogP contribution is -1.95. The van der Waals surface area contributed by atoms with Crippen LogP contribution in [0.15, 0.2) is 36.4 Å². The van der Waals surface area contributed by atoms with Crippen molar-refractivity contribution in [2.75, 3.05) is 17.7 Å². The number of benzene rings is 2. The predicted octanol–water partition coefficient (Wildman–Crippen LogP) is 3.25. The summed E-state index contributed by atoms with van der Waals surface area (Å²) in [7, 11) is 1.92. The van der Waals surface area contributed by atoms with Gasteiger partial charge in [-0.1, -0.05) is 36.5 Å². The van der Waals surface area contributed by atoms with E-state index in [1.807, 2.05) is 31.3 Å². The van der Waals surface area contributed by atoms with E-state index in [0.29, 0.717) is 0 Å². The maximum Gasteiger partial charge on any atom is 0.0659 e. The highest BCUT2D eigenvalue weighted by Crippen LogP contribution is 2.29. The lowest BCUT2D eigenvalue weighted by Gasteiger charge is -2.10.